The summed E-state index contributed by atoms with van der Waals surface area (Å²) in [6.45, 7) is 0.713. The van der Waals surface area contributed by atoms with Crippen molar-refractivity contribution in [1.29, 1.82) is 0 Å². The van der Waals surface area contributed by atoms with Gasteiger partial charge in [-0.15, -0.1) is 0 Å². The summed E-state index contributed by atoms with van der Waals surface area (Å²) < 4.78 is 16.6. The molecule has 0 spiro atoms. The minimum atomic E-state index is -0.543. The summed E-state index contributed by atoms with van der Waals surface area (Å²) in [4.78, 5) is 11.6. The molecule has 0 aromatic carbocycles. The Morgan fingerprint density at radius 1 is 1.41 bits per heavy atom. The molecule has 122 valence electrons. The molecule has 1 N–H and O–H groups in total. The summed E-state index contributed by atoms with van der Waals surface area (Å²) in [6.07, 6.45) is 7.26. The molecular weight excluding hydrogens is 284 g/mol. The Morgan fingerprint density at radius 2 is 2.23 bits per heavy atom. The zero-order valence-corrected chi connectivity index (χ0v) is 13.1. The Hall–Kier alpha value is -1.35. The Kier molecular flexibility index (Phi) is 6.44. The van der Waals surface area contributed by atoms with E-state index in [1.165, 1.54) is 13.2 Å². The van der Waals surface area contributed by atoms with E-state index >= 15 is 0 Å². The lowest BCUT2D eigenvalue weighted by Gasteiger charge is -2.44. The van der Waals surface area contributed by atoms with E-state index in [2.05, 4.69) is 11.8 Å². The number of carbonyl (C=O) groups is 1. The largest absolute Gasteiger partial charge is 0.466 e. The highest BCUT2D eigenvalue weighted by Gasteiger charge is 2.44. The third-order valence-electron chi connectivity index (χ3n) is 4.07. The van der Waals surface area contributed by atoms with Crippen LogP contribution in [0.25, 0.3) is 0 Å². The van der Waals surface area contributed by atoms with Gasteiger partial charge in [0.1, 0.15) is 5.60 Å². The molecule has 5 nitrogen and oxygen atoms in total. The maximum atomic E-state index is 11.6. The fraction of sp³-hybridized carbons (Fsp3) is 0.706. The van der Waals surface area contributed by atoms with Gasteiger partial charge >= 0.3 is 5.97 Å². The lowest BCUT2D eigenvalue weighted by Crippen LogP contribution is -2.46. The van der Waals surface area contributed by atoms with Gasteiger partial charge in [-0.3, -0.25) is 0 Å². The van der Waals surface area contributed by atoms with E-state index in [4.69, 9.17) is 19.3 Å². The molecule has 1 saturated heterocycles. The molecule has 0 amide bonds. The number of methoxy groups -OCH3 is 1. The van der Waals surface area contributed by atoms with Crippen molar-refractivity contribution in [2.24, 2.45) is 0 Å². The van der Waals surface area contributed by atoms with Gasteiger partial charge in [-0.2, -0.15) is 0 Å². The Labute approximate surface area is 131 Å². The highest BCUT2D eigenvalue weighted by molar-refractivity contribution is 5.84. The molecule has 1 saturated carbocycles. The second kappa shape index (κ2) is 8.33. The molecule has 1 heterocycles. The van der Waals surface area contributed by atoms with Gasteiger partial charge < -0.3 is 19.3 Å². The lowest BCUT2D eigenvalue weighted by atomic mass is 9.74. The van der Waals surface area contributed by atoms with Crippen molar-refractivity contribution < 1.29 is 24.1 Å². The van der Waals surface area contributed by atoms with Gasteiger partial charge in [-0.05, 0) is 38.5 Å². The average Bonchev–Trinajstić information content (AvgIpc) is 2.51. The minimum absolute atomic E-state index is 0.00189. The molecule has 1 unspecified atom stereocenters. The van der Waals surface area contributed by atoms with Gasteiger partial charge in [0.15, 0.2) is 6.29 Å². The van der Waals surface area contributed by atoms with Crippen molar-refractivity contribution in [3.8, 4) is 11.8 Å². The standard InChI is InChI=1S/C17H24O5/c1-20-15(19)13-14(7-2-4-11-18)17(9-6-10-17)22-16-8-3-5-12-21-16/h13,16,18H,3-6,8-12H2,1H3/b14-13-. The number of rotatable bonds is 5. The zero-order chi connectivity index (χ0) is 15.8. The normalized spacial score (nSPS) is 23.9. The Balaban J connectivity index is 2.16. The van der Waals surface area contributed by atoms with Crippen molar-refractivity contribution in [3.63, 3.8) is 0 Å². The lowest BCUT2D eigenvalue weighted by molar-refractivity contribution is -0.231. The van der Waals surface area contributed by atoms with Crippen molar-refractivity contribution in [2.75, 3.05) is 20.3 Å². The molecule has 2 rings (SSSR count). The van der Waals surface area contributed by atoms with Gasteiger partial charge in [0.25, 0.3) is 0 Å². The Bertz CT molecular complexity index is 461. The van der Waals surface area contributed by atoms with Gasteiger partial charge in [-0.1, -0.05) is 11.8 Å². The first-order valence-electron chi connectivity index (χ1n) is 7.89. The maximum Gasteiger partial charge on any atom is 0.331 e. The topological polar surface area (TPSA) is 65.0 Å². The van der Waals surface area contributed by atoms with E-state index in [9.17, 15) is 4.79 Å². The number of hydrogen-bond donors (Lipinski definition) is 1. The summed E-state index contributed by atoms with van der Waals surface area (Å²) in [5.74, 6) is 5.43. The molecule has 0 radical (unpaired) electrons. The molecule has 0 bridgehead atoms. The third-order valence-corrected chi connectivity index (χ3v) is 4.07. The summed E-state index contributed by atoms with van der Waals surface area (Å²) in [7, 11) is 1.34. The summed E-state index contributed by atoms with van der Waals surface area (Å²) in [6, 6.07) is 0. The van der Waals surface area contributed by atoms with E-state index < -0.39 is 11.6 Å². The third kappa shape index (κ3) is 4.33. The quantitative estimate of drug-likeness (QED) is 0.478. The zero-order valence-electron chi connectivity index (χ0n) is 13.1. The van der Waals surface area contributed by atoms with Crippen LogP contribution in [0.4, 0.5) is 0 Å². The van der Waals surface area contributed by atoms with Crippen molar-refractivity contribution in [3.05, 3.63) is 11.6 Å². The molecule has 0 aromatic heterocycles. The van der Waals surface area contributed by atoms with Crippen molar-refractivity contribution in [2.45, 2.75) is 56.8 Å². The fourth-order valence-electron chi connectivity index (χ4n) is 2.68. The van der Waals surface area contributed by atoms with Gasteiger partial charge in [0.05, 0.1) is 13.7 Å². The molecular formula is C17H24O5. The van der Waals surface area contributed by atoms with Crippen LogP contribution in [0, 0.1) is 11.8 Å². The van der Waals surface area contributed by atoms with Crippen molar-refractivity contribution >= 4 is 5.97 Å². The van der Waals surface area contributed by atoms with E-state index in [0.717, 1.165) is 38.5 Å². The molecule has 2 fully saturated rings. The first-order valence-corrected chi connectivity index (χ1v) is 7.89. The van der Waals surface area contributed by atoms with E-state index in [1.54, 1.807) is 0 Å². The minimum Gasteiger partial charge on any atom is -0.466 e. The van der Waals surface area contributed by atoms with Gasteiger partial charge in [0.2, 0.25) is 0 Å². The molecule has 22 heavy (non-hydrogen) atoms. The van der Waals surface area contributed by atoms with E-state index in [0.29, 0.717) is 18.6 Å². The highest BCUT2D eigenvalue weighted by Crippen LogP contribution is 2.43. The number of esters is 1. The van der Waals surface area contributed by atoms with Crippen LogP contribution in [0.1, 0.15) is 44.9 Å². The second-order valence-corrected chi connectivity index (χ2v) is 5.62. The highest BCUT2D eigenvalue weighted by atomic mass is 16.7. The van der Waals surface area contributed by atoms with Crippen LogP contribution in [0.3, 0.4) is 0 Å². The van der Waals surface area contributed by atoms with Crippen LogP contribution >= 0.6 is 0 Å². The first kappa shape index (κ1) is 17.0. The predicted octanol–water partition coefficient (Wildman–Crippen LogP) is 1.94. The number of aliphatic hydroxyl groups excluding tert-OH is 1. The molecule has 5 heteroatoms. The van der Waals surface area contributed by atoms with Gasteiger partial charge in [0, 0.05) is 24.7 Å². The average molecular weight is 308 g/mol. The SMILES string of the molecule is COC(=O)/C=C(/C#CCCO)C1(OC2CCCCO2)CCC1. The predicted molar refractivity (Wildman–Crippen MR) is 80.8 cm³/mol. The van der Waals surface area contributed by atoms with E-state index in [1.807, 2.05) is 0 Å². The number of aliphatic hydroxyl groups is 1. The van der Waals surface area contributed by atoms with Gasteiger partial charge in [-0.25, -0.2) is 4.79 Å². The van der Waals surface area contributed by atoms with Crippen molar-refractivity contribution in [1.82, 2.24) is 0 Å². The Morgan fingerprint density at radius 3 is 2.77 bits per heavy atom. The summed E-state index contributed by atoms with van der Waals surface area (Å²) in [5, 5.41) is 8.88. The summed E-state index contributed by atoms with van der Waals surface area (Å²) >= 11 is 0. The maximum absolute atomic E-state index is 11.6. The van der Waals surface area contributed by atoms with Crippen LogP contribution in [0.5, 0.6) is 0 Å². The monoisotopic (exact) mass is 308 g/mol. The van der Waals surface area contributed by atoms with Crippen LogP contribution < -0.4 is 0 Å². The molecule has 1 aliphatic carbocycles. The van der Waals surface area contributed by atoms with Crippen LogP contribution in [-0.2, 0) is 19.0 Å². The smallest absolute Gasteiger partial charge is 0.331 e. The number of hydrogen-bond acceptors (Lipinski definition) is 5. The van der Waals surface area contributed by atoms with Crippen LogP contribution in [-0.4, -0.2) is 43.3 Å². The molecule has 1 atom stereocenters. The number of ether oxygens (including phenoxy) is 3. The summed E-state index contributed by atoms with van der Waals surface area (Å²) in [5.41, 5.74) is 0.0896. The second-order valence-electron chi connectivity index (χ2n) is 5.62. The van der Waals surface area contributed by atoms with Crippen LogP contribution in [0.2, 0.25) is 0 Å². The van der Waals surface area contributed by atoms with Crippen LogP contribution in [0.15, 0.2) is 11.6 Å². The molecule has 0 aromatic rings. The van der Waals surface area contributed by atoms with E-state index in [-0.39, 0.29) is 12.9 Å². The fourth-order valence-corrected chi connectivity index (χ4v) is 2.68. The first-order chi connectivity index (χ1) is 10.7. The number of carbonyl (C=O) groups excluding carboxylic acids is 1. The molecule has 2 aliphatic rings. The molecule has 1 aliphatic heterocycles.